The van der Waals surface area contributed by atoms with Crippen LogP contribution in [0, 0.1) is 17.4 Å². The summed E-state index contributed by atoms with van der Waals surface area (Å²) in [6.45, 7) is 2.16. The molecule has 1 rings (SSSR count). The van der Waals surface area contributed by atoms with E-state index in [2.05, 4.69) is 19.1 Å². The Morgan fingerprint density at radius 1 is 1.58 bits per heavy atom. The molecule has 0 spiro atoms. The first-order chi connectivity index (χ1) is 5.86. The van der Waals surface area contributed by atoms with Gasteiger partial charge in [0.05, 0.1) is 11.6 Å². The Morgan fingerprint density at radius 3 is 3.08 bits per heavy atom. The maximum atomic E-state index is 8.62. The minimum Gasteiger partial charge on any atom is -0.192 e. The molecule has 0 saturated carbocycles. The van der Waals surface area contributed by atoms with E-state index in [9.17, 15) is 0 Å². The molecule has 0 fully saturated rings. The van der Waals surface area contributed by atoms with Crippen LogP contribution in [-0.4, -0.2) is 0 Å². The number of hydrogen-bond donors (Lipinski definition) is 0. The number of nitrogens with zero attached hydrogens (tertiary/aromatic N) is 1. The third kappa shape index (κ3) is 2.39. The van der Waals surface area contributed by atoms with Gasteiger partial charge >= 0.3 is 0 Å². The maximum Gasteiger partial charge on any atom is 0.0991 e. The molecule has 1 aromatic carbocycles. The molecule has 0 N–H and O–H groups in total. The predicted molar refractivity (Wildman–Crippen MR) is 48.6 cm³/mol. The number of rotatable bonds is 3. The number of aryl methyl sites for hydroxylation is 1. The molecule has 0 aliphatic heterocycles. The summed E-state index contributed by atoms with van der Waals surface area (Å²) in [4.78, 5) is 0. The van der Waals surface area contributed by atoms with Crippen molar-refractivity contribution in [3.63, 3.8) is 0 Å². The highest BCUT2D eigenvalue weighted by molar-refractivity contribution is 5.32. The number of unbranched alkanes of at least 4 members (excludes halogenated alkanes) is 1. The fourth-order valence-electron chi connectivity index (χ4n) is 1.10. The molecule has 0 saturated heterocycles. The molecule has 12 heavy (non-hydrogen) atoms. The van der Waals surface area contributed by atoms with Crippen molar-refractivity contribution in [2.75, 3.05) is 0 Å². The molecule has 1 radical (unpaired) electrons. The van der Waals surface area contributed by atoms with Gasteiger partial charge in [0.15, 0.2) is 0 Å². The quantitative estimate of drug-likeness (QED) is 0.663. The largest absolute Gasteiger partial charge is 0.192 e. The molecular weight excluding hydrogens is 146 g/mol. The van der Waals surface area contributed by atoms with Crippen molar-refractivity contribution >= 4 is 0 Å². The van der Waals surface area contributed by atoms with Gasteiger partial charge in [-0.1, -0.05) is 19.4 Å². The van der Waals surface area contributed by atoms with Gasteiger partial charge in [-0.3, -0.25) is 0 Å². The van der Waals surface area contributed by atoms with Gasteiger partial charge in [-0.05, 0) is 36.6 Å². The summed E-state index contributed by atoms with van der Waals surface area (Å²) < 4.78 is 0. The second-order valence-electron chi connectivity index (χ2n) is 2.82. The van der Waals surface area contributed by atoms with Crippen molar-refractivity contribution in [1.82, 2.24) is 0 Å². The van der Waals surface area contributed by atoms with Crippen LogP contribution in [0.5, 0.6) is 0 Å². The first kappa shape index (κ1) is 8.80. The van der Waals surface area contributed by atoms with Crippen LogP contribution in [0.15, 0.2) is 18.2 Å². The van der Waals surface area contributed by atoms with Crippen molar-refractivity contribution in [2.24, 2.45) is 0 Å². The summed E-state index contributed by atoms with van der Waals surface area (Å²) >= 11 is 0. The third-order valence-corrected chi connectivity index (χ3v) is 1.79. The van der Waals surface area contributed by atoms with E-state index in [1.54, 1.807) is 6.07 Å². The highest BCUT2D eigenvalue weighted by Gasteiger charge is 1.94. The van der Waals surface area contributed by atoms with Crippen molar-refractivity contribution in [2.45, 2.75) is 26.2 Å². The average Bonchev–Trinajstić information content (AvgIpc) is 2.15. The van der Waals surface area contributed by atoms with Crippen molar-refractivity contribution in [3.8, 4) is 6.07 Å². The van der Waals surface area contributed by atoms with Crippen LogP contribution in [-0.2, 0) is 6.42 Å². The number of nitriles is 1. The van der Waals surface area contributed by atoms with Gasteiger partial charge < -0.3 is 0 Å². The minimum absolute atomic E-state index is 0.736. The molecular formula is C11H12N. The van der Waals surface area contributed by atoms with Crippen LogP contribution in [0.4, 0.5) is 0 Å². The topological polar surface area (TPSA) is 23.8 Å². The molecule has 0 aromatic heterocycles. The van der Waals surface area contributed by atoms with Gasteiger partial charge in [0, 0.05) is 0 Å². The molecule has 1 nitrogen and oxygen atoms in total. The normalized spacial score (nSPS) is 9.33. The zero-order chi connectivity index (χ0) is 8.81. The Labute approximate surface area is 73.6 Å². The SMILES string of the molecule is CCCCc1[c]ccc(C#N)c1. The van der Waals surface area contributed by atoms with Crippen LogP contribution in [0.25, 0.3) is 0 Å². The van der Waals surface area contributed by atoms with Crippen LogP contribution in [0.2, 0.25) is 0 Å². The summed E-state index contributed by atoms with van der Waals surface area (Å²) in [6, 6.07) is 10.8. The van der Waals surface area contributed by atoms with E-state index in [1.165, 1.54) is 12.8 Å². The van der Waals surface area contributed by atoms with Gasteiger partial charge in [-0.15, -0.1) is 0 Å². The molecule has 0 aliphatic rings. The van der Waals surface area contributed by atoms with E-state index >= 15 is 0 Å². The molecule has 0 bridgehead atoms. The summed E-state index contributed by atoms with van der Waals surface area (Å²) in [6.07, 6.45) is 3.39. The van der Waals surface area contributed by atoms with Gasteiger partial charge in [-0.2, -0.15) is 5.26 Å². The first-order valence-electron chi connectivity index (χ1n) is 4.27. The van der Waals surface area contributed by atoms with Crippen LogP contribution < -0.4 is 0 Å². The summed E-state index contributed by atoms with van der Waals surface area (Å²) in [5.41, 5.74) is 1.88. The maximum absolute atomic E-state index is 8.62. The van der Waals surface area contributed by atoms with Crippen LogP contribution >= 0.6 is 0 Å². The highest BCUT2D eigenvalue weighted by atomic mass is 14.2. The van der Waals surface area contributed by atoms with Gasteiger partial charge in [0.25, 0.3) is 0 Å². The monoisotopic (exact) mass is 158 g/mol. The standard InChI is InChI=1S/C11H12N/c1-2-3-5-10-6-4-7-11(8-10)9-12/h4,7-8H,2-3,5H2,1H3. The molecule has 1 heteroatoms. The Balaban J connectivity index is 2.68. The van der Waals surface area contributed by atoms with E-state index in [0.29, 0.717) is 0 Å². The second-order valence-corrected chi connectivity index (χ2v) is 2.82. The van der Waals surface area contributed by atoms with E-state index in [-0.39, 0.29) is 0 Å². The fraction of sp³-hybridized carbons (Fsp3) is 0.364. The smallest absolute Gasteiger partial charge is 0.0991 e. The molecule has 0 amide bonds. The van der Waals surface area contributed by atoms with Crippen molar-refractivity contribution < 1.29 is 0 Å². The average molecular weight is 158 g/mol. The lowest BCUT2D eigenvalue weighted by molar-refractivity contribution is 0.794. The third-order valence-electron chi connectivity index (χ3n) is 1.79. The zero-order valence-corrected chi connectivity index (χ0v) is 7.30. The molecule has 0 aliphatic carbocycles. The predicted octanol–water partition coefficient (Wildman–Crippen LogP) is 2.70. The van der Waals surface area contributed by atoms with Gasteiger partial charge in [-0.25, -0.2) is 0 Å². The highest BCUT2D eigenvalue weighted by Crippen LogP contribution is 2.06. The number of hydrogen-bond acceptors (Lipinski definition) is 1. The van der Waals surface area contributed by atoms with E-state index < -0.39 is 0 Å². The molecule has 0 heterocycles. The van der Waals surface area contributed by atoms with E-state index in [4.69, 9.17) is 5.26 Å². The lowest BCUT2D eigenvalue weighted by Crippen LogP contribution is -1.85. The van der Waals surface area contributed by atoms with E-state index in [1.807, 2.05) is 12.1 Å². The fourth-order valence-corrected chi connectivity index (χ4v) is 1.10. The molecule has 0 atom stereocenters. The molecule has 1 aromatic rings. The van der Waals surface area contributed by atoms with Gasteiger partial charge in [0.1, 0.15) is 0 Å². The lowest BCUT2D eigenvalue weighted by Gasteiger charge is -1.98. The zero-order valence-electron chi connectivity index (χ0n) is 7.30. The van der Waals surface area contributed by atoms with Crippen LogP contribution in [0.3, 0.4) is 0 Å². The lowest BCUT2D eigenvalue weighted by atomic mass is 10.1. The minimum atomic E-state index is 0.736. The summed E-state index contributed by atoms with van der Waals surface area (Å²) in [7, 11) is 0. The summed E-state index contributed by atoms with van der Waals surface area (Å²) in [5.74, 6) is 0. The summed E-state index contributed by atoms with van der Waals surface area (Å²) in [5, 5.41) is 8.62. The molecule has 61 valence electrons. The molecule has 0 unspecified atom stereocenters. The second kappa shape index (κ2) is 4.56. The Hall–Kier alpha value is -1.29. The Morgan fingerprint density at radius 2 is 2.42 bits per heavy atom. The Bertz CT molecular complexity index is 283. The van der Waals surface area contributed by atoms with Crippen molar-refractivity contribution in [3.05, 3.63) is 35.4 Å². The van der Waals surface area contributed by atoms with Crippen molar-refractivity contribution in [1.29, 1.82) is 5.26 Å². The Kier molecular flexibility index (Phi) is 3.35. The first-order valence-corrected chi connectivity index (χ1v) is 4.27. The van der Waals surface area contributed by atoms with E-state index in [0.717, 1.165) is 17.5 Å². The van der Waals surface area contributed by atoms with Gasteiger partial charge in [0.2, 0.25) is 0 Å². The van der Waals surface area contributed by atoms with Crippen LogP contribution in [0.1, 0.15) is 30.9 Å². The number of benzene rings is 1.